The highest BCUT2D eigenvalue weighted by Gasteiger charge is 2.23. The molecule has 1 aliphatic heterocycles. The van der Waals surface area contributed by atoms with E-state index in [-0.39, 0.29) is 5.69 Å². The average molecular weight is 388 g/mol. The fourth-order valence-electron chi connectivity index (χ4n) is 3.16. The number of hydrogen-bond acceptors (Lipinski definition) is 5. The van der Waals surface area contributed by atoms with Gasteiger partial charge in [0.1, 0.15) is 25.0 Å². The number of nitro benzene ring substituents is 1. The van der Waals surface area contributed by atoms with Crippen molar-refractivity contribution in [1.82, 2.24) is 0 Å². The van der Waals surface area contributed by atoms with Crippen molar-refractivity contribution in [3.63, 3.8) is 0 Å². The Balaban J connectivity index is 1.51. The number of ether oxygens (including phenoxy) is 1. The van der Waals surface area contributed by atoms with Crippen LogP contribution in [0, 0.1) is 21.4 Å². The highest BCUT2D eigenvalue weighted by atomic mass is 35.5. The van der Waals surface area contributed by atoms with Gasteiger partial charge in [-0.1, -0.05) is 11.6 Å². The number of halogens is 1. The van der Waals surface area contributed by atoms with Gasteiger partial charge in [-0.25, -0.2) is 0 Å². The third kappa shape index (κ3) is 4.88. The van der Waals surface area contributed by atoms with Gasteiger partial charge in [0, 0.05) is 17.2 Å². The molecular weight excluding hydrogens is 368 g/mol. The van der Waals surface area contributed by atoms with E-state index in [2.05, 4.69) is 11.0 Å². The molecule has 0 atom stereocenters. The van der Waals surface area contributed by atoms with Crippen LogP contribution in [0.4, 0.5) is 11.4 Å². The number of anilines is 1. The van der Waals surface area contributed by atoms with Crippen LogP contribution in [0.5, 0.6) is 5.75 Å². The Hall–Kier alpha value is -2.82. The molecule has 0 aliphatic carbocycles. The Labute approximate surface area is 162 Å². The van der Waals surface area contributed by atoms with Crippen LogP contribution < -0.4 is 14.5 Å². The van der Waals surface area contributed by atoms with Crippen LogP contribution in [0.25, 0.3) is 0 Å². The number of hydrogen-bond donors (Lipinski definition) is 1. The molecule has 1 heterocycles. The molecule has 0 radical (unpaired) electrons. The molecule has 3 rings (SSSR count). The minimum atomic E-state index is -0.479. The van der Waals surface area contributed by atoms with Gasteiger partial charge >= 0.3 is 0 Å². The summed E-state index contributed by atoms with van der Waals surface area (Å²) >= 11 is 5.86. The second-order valence-corrected chi connectivity index (χ2v) is 6.80. The largest absolute Gasteiger partial charge is 0.488 e. The van der Waals surface area contributed by atoms with E-state index in [4.69, 9.17) is 16.3 Å². The van der Waals surface area contributed by atoms with E-state index < -0.39 is 4.92 Å². The first kappa shape index (κ1) is 19.0. The predicted molar refractivity (Wildman–Crippen MR) is 103 cm³/mol. The summed E-state index contributed by atoms with van der Waals surface area (Å²) < 4.78 is 5.75. The van der Waals surface area contributed by atoms with Crippen LogP contribution in [0.15, 0.2) is 42.5 Å². The summed E-state index contributed by atoms with van der Waals surface area (Å²) in [6, 6.07) is 13.9. The van der Waals surface area contributed by atoms with Crippen molar-refractivity contribution in [1.29, 1.82) is 5.26 Å². The lowest BCUT2D eigenvalue weighted by atomic mass is 10.1. The Bertz CT molecular complexity index is 843. The van der Waals surface area contributed by atoms with E-state index in [9.17, 15) is 15.4 Å². The van der Waals surface area contributed by atoms with Crippen LogP contribution in [-0.4, -0.2) is 44.3 Å². The third-order valence-electron chi connectivity index (χ3n) is 4.66. The molecule has 2 aromatic carbocycles. The molecule has 1 aliphatic rings. The van der Waals surface area contributed by atoms with Crippen LogP contribution in [0.3, 0.4) is 0 Å². The molecule has 1 saturated heterocycles. The van der Waals surface area contributed by atoms with Gasteiger partial charge in [0.15, 0.2) is 0 Å². The van der Waals surface area contributed by atoms with Crippen LogP contribution in [0.1, 0.15) is 5.56 Å². The first-order valence-corrected chi connectivity index (χ1v) is 9.10. The number of piperazine rings is 1. The van der Waals surface area contributed by atoms with E-state index in [1.165, 1.54) is 17.0 Å². The van der Waals surface area contributed by atoms with E-state index in [1.54, 1.807) is 18.2 Å². The molecule has 2 aromatic rings. The molecule has 7 nitrogen and oxygen atoms in total. The van der Waals surface area contributed by atoms with Gasteiger partial charge in [-0.05, 0) is 30.3 Å². The maximum absolute atomic E-state index is 10.9. The number of nitriles is 1. The Morgan fingerprint density at radius 2 is 1.93 bits per heavy atom. The zero-order valence-electron chi connectivity index (χ0n) is 14.7. The van der Waals surface area contributed by atoms with E-state index in [0.29, 0.717) is 17.2 Å². The molecular formula is C19H20ClN4O3+. The maximum atomic E-state index is 10.9. The molecule has 0 aromatic heterocycles. The second-order valence-electron chi connectivity index (χ2n) is 6.36. The maximum Gasteiger partial charge on any atom is 0.270 e. The van der Waals surface area contributed by atoms with Crippen LogP contribution >= 0.6 is 11.6 Å². The molecule has 0 amide bonds. The first-order chi connectivity index (χ1) is 13.1. The van der Waals surface area contributed by atoms with Crippen LogP contribution in [0.2, 0.25) is 5.02 Å². The zero-order valence-corrected chi connectivity index (χ0v) is 15.5. The van der Waals surface area contributed by atoms with Gasteiger partial charge in [-0.2, -0.15) is 5.26 Å². The summed E-state index contributed by atoms with van der Waals surface area (Å²) in [6.45, 7) is 4.95. The highest BCUT2D eigenvalue weighted by Crippen LogP contribution is 2.25. The number of quaternary nitrogens is 1. The second kappa shape index (κ2) is 8.71. The molecule has 0 unspecified atom stereocenters. The SMILES string of the molecule is N#Cc1cc([N+](=O)[O-])ccc1N1CC[NH+](CCOc2ccc(Cl)cc2)CC1. The van der Waals surface area contributed by atoms with Gasteiger partial charge in [-0.3, -0.25) is 10.1 Å². The Morgan fingerprint density at radius 1 is 1.22 bits per heavy atom. The first-order valence-electron chi connectivity index (χ1n) is 8.72. The topological polar surface area (TPSA) is 83.8 Å². The standard InChI is InChI=1S/C19H19ClN4O3/c20-16-1-4-18(5-2-16)27-12-11-22-7-9-23(10-8-22)19-6-3-17(24(25)26)13-15(19)14-21/h1-6,13H,7-12H2/p+1. The van der Waals surface area contributed by atoms with Crippen molar-refractivity contribution in [2.45, 2.75) is 0 Å². The summed E-state index contributed by atoms with van der Waals surface area (Å²) in [5, 5.41) is 20.9. The lowest BCUT2D eigenvalue weighted by molar-refractivity contribution is -0.900. The molecule has 1 fully saturated rings. The average Bonchev–Trinajstić information content (AvgIpc) is 2.69. The van der Waals surface area contributed by atoms with Crippen molar-refractivity contribution in [2.75, 3.05) is 44.2 Å². The molecule has 140 valence electrons. The number of nitro groups is 1. The molecule has 1 N–H and O–H groups in total. The number of benzene rings is 2. The van der Waals surface area contributed by atoms with Crippen molar-refractivity contribution < 1.29 is 14.6 Å². The Kier molecular flexibility index (Phi) is 6.12. The minimum absolute atomic E-state index is 0.0566. The summed E-state index contributed by atoms with van der Waals surface area (Å²) in [5.74, 6) is 0.807. The number of non-ortho nitro benzene ring substituents is 1. The smallest absolute Gasteiger partial charge is 0.270 e. The molecule has 0 bridgehead atoms. The van der Waals surface area contributed by atoms with Crippen LogP contribution in [-0.2, 0) is 0 Å². The summed E-state index contributed by atoms with van der Waals surface area (Å²) in [5.41, 5.74) is 1.05. The summed E-state index contributed by atoms with van der Waals surface area (Å²) in [7, 11) is 0. The van der Waals surface area contributed by atoms with Crippen molar-refractivity contribution >= 4 is 23.0 Å². The molecule has 0 saturated carbocycles. The molecule has 8 heteroatoms. The zero-order chi connectivity index (χ0) is 19.2. The quantitative estimate of drug-likeness (QED) is 0.604. The fourth-order valence-corrected chi connectivity index (χ4v) is 3.29. The van der Waals surface area contributed by atoms with E-state index >= 15 is 0 Å². The molecule has 0 spiro atoms. The van der Waals surface area contributed by atoms with Gasteiger partial charge < -0.3 is 14.5 Å². The monoisotopic (exact) mass is 387 g/mol. The van der Waals surface area contributed by atoms with Gasteiger partial charge in [0.25, 0.3) is 5.69 Å². The number of nitrogens with zero attached hydrogens (tertiary/aromatic N) is 3. The number of nitrogens with one attached hydrogen (secondary N) is 1. The lowest BCUT2D eigenvalue weighted by Gasteiger charge is -2.34. The third-order valence-corrected chi connectivity index (χ3v) is 4.91. The van der Waals surface area contributed by atoms with Crippen molar-refractivity contribution in [3.05, 3.63) is 63.2 Å². The minimum Gasteiger partial charge on any atom is -0.488 e. The predicted octanol–water partition coefficient (Wildman–Crippen LogP) is 1.90. The van der Waals surface area contributed by atoms with Gasteiger partial charge in [0.2, 0.25) is 0 Å². The van der Waals surface area contributed by atoms with E-state index in [0.717, 1.165) is 44.2 Å². The summed E-state index contributed by atoms with van der Waals surface area (Å²) in [6.07, 6.45) is 0. The fraction of sp³-hybridized carbons (Fsp3) is 0.316. The highest BCUT2D eigenvalue weighted by molar-refractivity contribution is 6.30. The van der Waals surface area contributed by atoms with Gasteiger partial charge in [-0.15, -0.1) is 0 Å². The van der Waals surface area contributed by atoms with Crippen molar-refractivity contribution in [2.24, 2.45) is 0 Å². The lowest BCUT2D eigenvalue weighted by Crippen LogP contribution is -3.15. The normalized spacial score (nSPS) is 14.6. The Morgan fingerprint density at radius 3 is 2.56 bits per heavy atom. The van der Waals surface area contributed by atoms with Gasteiger partial charge in [0.05, 0.1) is 42.4 Å². The molecule has 27 heavy (non-hydrogen) atoms. The van der Waals surface area contributed by atoms with E-state index in [1.807, 2.05) is 12.1 Å². The summed E-state index contributed by atoms with van der Waals surface area (Å²) in [4.78, 5) is 13.9. The number of rotatable bonds is 6. The van der Waals surface area contributed by atoms with Crippen molar-refractivity contribution in [3.8, 4) is 11.8 Å².